The summed E-state index contributed by atoms with van der Waals surface area (Å²) in [6.07, 6.45) is 5.16. The van der Waals surface area contributed by atoms with Crippen LogP contribution in [0.3, 0.4) is 0 Å². The number of hydrogen-bond acceptors (Lipinski definition) is 4. The summed E-state index contributed by atoms with van der Waals surface area (Å²) in [5.74, 6) is -1.11. The molecule has 0 saturated heterocycles. The highest BCUT2D eigenvalue weighted by Crippen LogP contribution is 2.21. The van der Waals surface area contributed by atoms with Gasteiger partial charge in [-0.1, -0.05) is 12.2 Å². The number of hydrogen-bond donors (Lipinski definition) is 2. The van der Waals surface area contributed by atoms with E-state index in [1.54, 1.807) is 0 Å². The van der Waals surface area contributed by atoms with Crippen molar-refractivity contribution in [1.82, 2.24) is 9.62 Å². The topological polar surface area (TPSA) is 86.7 Å². The first-order chi connectivity index (χ1) is 10.4. The predicted molar refractivity (Wildman–Crippen MR) is 86.5 cm³/mol. The third-order valence-electron chi connectivity index (χ3n) is 3.34. The van der Waals surface area contributed by atoms with Gasteiger partial charge in [0.25, 0.3) is 0 Å². The third kappa shape index (κ3) is 4.39. The molecule has 1 heterocycles. The summed E-state index contributed by atoms with van der Waals surface area (Å²) < 4.78 is 27.2. The zero-order valence-electron chi connectivity index (χ0n) is 11.8. The van der Waals surface area contributed by atoms with Crippen molar-refractivity contribution >= 4 is 31.9 Å². The summed E-state index contributed by atoms with van der Waals surface area (Å²) in [4.78, 5) is 13.1. The van der Waals surface area contributed by atoms with E-state index in [-0.39, 0.29) is 14.9 Å². The molecule has 8 heteroatoms. The van der Waals surface area contributed by atoms with E-state index < -0.39 is 16.0 Å². The maximum Gasteiger partial charge on any atom is 0.336 e. The Balaban J connectivity index is 1.99. The highest BCUT2D eigenvalue weighted by molar-refractivity contribution is 9.10. The van der Waals surface area contributed by atoms with Gasteiger partial charge in [-0.2, -0.15) is 0 Å². The fraction of sp³-hybridized carbons (Fsp3) is 0.357. The Bertz CT molecular complexity index is 688. The predicted octanol–water partition coefficient (Wildman–Crippen LogP) is 1.69. The average molecular weight is 389 g/mol. The van der Waals surface area contributed by atoms with Crippen LogP contribution in [0.1, 0.15) is 16.8 Å². The third-order valence-corrected chi connectivity index (χ3v) is 5.46. The molecule has 0 aliphatic carbocycles. The highest BCUT2D eigenvalue weighted by Gasteiger charge is 2.17. The lowest BCUT2D eigenvalue weighted by molar-refractivity contribution is 0.0695. The molecule has 0 radical (unpaired) electrons. The summed E-state index contributed by atoms with van der Waals surface area (Å²) in [5.41, 5.74) is 0.0269. The number of carboxylic acids is 1. The Kier molecular flexibility index (Phi) is 5.74. The van der Waals surface area contributed by atoms with Gasteiger partial charge in [-0.05, 0) is 40.5 Å². The summed E-state index contributed by atoms with van der Waals surface area (Å²) in [7, 11) is -3.64. The highest BCUT2D eigenvalue weighted by atomic mass is 79.9. The standard InChI is InChI=1S/C14H17BrN2O4S/c15-13-10-11(4-5-12(13)14(18)19)22(20,21)16-6-9-17-7-2-1-3-8-17/h1-2,4-5,10,16H,3,6-9H2,(H,18,19). The molecule has 0 aromatic heterocycles. The van der Waals surface area contributed by atoms with Crippen LogP contribution >= 0.6 is 15.9 Å². The zero-order valence-corrected chi connectivity index (χ0v) is 14.2. The van der Waals surface area contributed by atoms with E-state index in [1.165, 1.54) is 18.2 Å². The fourth-order valence-corrected chi connectivity index (χ4v) is 3.90. The Hall–Kier alpha value is -1.22. The molecule has 120 valence electrons. The Morgan fingerprint density at radius 1 is 1.36 bits per heavy atom. The lowest BCUT2D eigenvalue weighted by Gasteiger charge is -2.22. The molecule has 2 N–H and O–H groups in total. The monoisotopic (exact) mass is 388 g/mol. The minimum Gasteiger partial charge on any atom is -0.478 e. The van der Waals surface area contributed by atoms with E-state index in [1.807, 2.05) is 0 Å². The van der Waals surface area contributed by atoms with Crippen LogP contribution in [0, 0.1) is 0 Å². The largest absolute Gasteiger partial charge is 0.478 e. The first-order valence-electron chi connectivity index (χ1n) is 6.80. The molecule has 0 spiro atoms. The van der Waals surface area contributed by atoms with Crippen LogP contribution in [-0.4, -0.2) is 50.6 Å². The number of sulfonamides is 1. The molecule has 0 bridgehead atoms. The second-order valence-electron chi connectivity index (χ2n) is 4.91. The van der Waals surface area contributed by atoms with Crippen molar-refractivity contribution in [3.05, 3.63) is 40.4 Å². The van der Waals surface area contributed by atoms with Gasteiger partial charge in [0, 0.05) is 30.7 Å². The minimum absolute atomic E-state index is 0.0269. The Morgan fingerprint density at radius 3 is 2.73 bits per heavy atom. The number of rotatable bonds is 6. The van der Waals surface area contributed by atoms with Gasteiger partial charge in [0.15, 0.2) is 0 Å². The van der Waals surface area contributed by atoms with Crippen LogP contribution in [0.25, 0.3) is 0 Å². The molecule has 0 saturated carbocycles. The summed E-state index contributed by atoms with van der Waals surface area (Å²) >= 11 is 3.08. The maximum absolute atomic E-state index is 12.2. The average Bonchev–Trinajstić information content (AvgIpc) is 2.47. The van der Waals surface area contributed by atoms with E-state index in [4.69, 9.17) is 5.11 Å². The van der Waals surface area contributed by atoms with Crippen molar-refractivity contribution in [3.63, 3.8) is 0 Å². The second kappa shape index (κ2) is 7.36. The summed E-state index contributed by atoms with van der Waals surface area (Å²) in [5, 5.41) is 8.94. The van der Waals surface area contributed by atoms with Gasteiger partial charge >= 0.3 is 5.97 Å². The van der Waals surface area contributed by atoms with E-state index in [0.29, 0.717) is 13.1 Å². The van der Waals surface area contributed by atoms with E-state index in [9.17, 15) is 13.2 Å². The Labute approximate surface area is 138 Å². The molecule has 0 fully saturated rings. The van der Waals surface area contributed by atoms with E-state index in [2.05, 4.69) is 37.7 Å². The van der Waals surface area contributed by atoms with Crippen LogP contribution in [0.5, 0.6) is 0 Å². The molecule has 0 atom stereocenters. The van der Waals surface area contributed by atoms with Crippen molar-refractivity contribution in [2.75, 3.05) is 26.2 Å². The molecular formula is C14H17BrN2O4S. The fourth-order valence-electron chi connectivity index (χ4n) is 2.15. The number of nitrogens with one attached hydrogen (secondary N) is 1. The van der Waals surface area contributed by atoms with Crippen molar-refractivity contribution in [2.45, 2.75) is 11.3 Å². The number of carboxylic acid groups (broad SMARTS) is 1. The maximum atomic E-state index is 12.2. The van der Waals surface area contributed by atoms with Crippen LogP contribution in [0.2, 0.25) is 0 Å². The van der Waals surface area contributed by atoms with Gasteiger partial charge in [-0.25, -0.2) is 17.9 Å². The molecule has 2 rings (SSSR count). The molecule has 1 aliphatic rings. The van der Waals surface area contributed by atoms with Crippen molar-refractivity contribution in [2.24, 2.45) is 0 Å². The normalized spacial score (nSPS) is 15.9. The molecule has 0 amide bonds. The number of carbonyl (C=O) groups is 1. The van der Waals surface area contributed by atoms with Gasteiger partial charge in [-0.15, -0.1) is 0 Å². The lowest BCUT2D eigenvalue weighted by atomic mass is 10.2. The molecule has 0 unspecified atom stereocenters. The van der Waals surface area contributed by atoms with Crippen molar-refractivity contribution < 1.29 is 18.3 Å². The molecule has 1 aliphatic heterocycles. The first kappa shape index (κ1) is 17.1. The van der Waals surface area contributed by atoms with Crippen molar-refractivity contribution in [1.29, 1.82) is 0 Å². The Morgan fingerprint density at radius 2 is 2.14 bits per heavy atom. The van der Waals surface area contributed by atoms with E-state index in [0.717, 1.165) is 19.5 Å². The van der Waals surface area contributed by atoms with Gasteiger partial charge < -0.3 is 5.11 Å². The smallest absolute Gasteiger partial charge is 0.336 e. The summed E-state index contributed by atoms with van der Waals surface area (Å²) in [6, 6.07) is 3.87. The van der Waals surface area contributed by atoms with Gasteiger partial charge in [0.1, 0.15) is 0 Å². The molecule has 22 heavy (non-hydrogen) atoms. The van der Waals surface area contributed by atoms with Gasteiger partial charge in [-0.3, -0.25) is 4.90 Å². The quantitative estimate of drug-likeness (QED) is 0.724. The lowest BCUT2D eigenvalue weighted by Crippen LogP contribution is -2.36. The number of aromatic carboxylic acids is 1. The molecular weight excluding hydrogens is 372 g/mol. The molecule has 1 aromatic rings. The van der Waals surface area contributed by atoms with Gasteiger partial charge in [0.2, 0.25) is 10.0 Å². The van der Waals surface area contributed by atoms with Crippen LogP contribution in [0.15, 0.2) is 39.7 Å². The first-order valence-corrected chi connectivity index (χ1v) is 9.07. The molecule has 6 nitrogen and oxygen atoms in total. The van der Waals surface area contributed by atoms with Gasteiger partial charge in [0.05, 0.1) is 10.5 Å². The minimum atomic E-state index is -3.64. The number of nitrogens with zero attached hydrogens (tertiary/aromatic N) is 1. The zero-order chi connectivity index (χ0) is 16.2. The second-order valence-corrected chi connectivity index (χ2v) is 7.53. The summed E-state index contributed by atoms with van der Waals surface area (Å²) in [6.45, 7) is 2.71. The van der Waals surface area contributed by atoms with Crippen LogP contribution in [-0.2, 0) is 10.0 Å². The van der Waals surface area contributed by atoms with Crippen LogP contribution in [0.4, 0.5) is 0 Å². The number of halogens is 1. The molecule has 1 aromatic carbocycles. The van der Waals surface area contributed by atoms with Crippen molar-refractivity contribution in [3.8, 4) is 0 Å². The van der Waals surface area contributed by atoms with E-state index >= 15 is 0 Å². The van der Waals surface area contributed by atoms with Crippen LogP contribution < -0.4 is 4.72 Å². The number of benzene rings is 1. The SMILES string of the molecule is O=C(O)c1ccc(S(=O)(=O)NCCN2CC=CCC2)cc1Br.